The molecule has 1 aromatic carbocycles. The van der Waals surface area contributed by atoms with Gasteiger partial charge in [0.15, 0.2) is 0 Å². The van der Waals surface area contributed by atoms with Gasteiger partial charge < -0.3 is 4.74 Å². The fourth-order valence-corrected chi connectivity index (χ4v) is 1.27. The van der Waals surface area contributed by atoms with Gasteiger partial charge in [-0.15, -0.1) is 0 Å². The van der Waals surface area contributed by atoms with Crippen molar-refractivity contribution in [1.82, 2.24) is 0 Å². The van der Waals surface area contributed by atoms with Crippen LogP contribution in [0.2, 0.25) is 0 Å². The molecule has 0 spiro atoms. The Morgan fingerprint density at radius 2 is 2.27 bits per heavy atom. The second kappa shape index (κ2) is 4.74. The van der Waals surface area contributed by atoms with Crippen LogP contribution in [0.4, 0.5) is 16.2 Å². The highest BCUT2D eigenvalue weighted by Crippen LogP contribution is 2.27. The molecule has 15 heavy (non-hydrogen) atoms. The zero-order valence-corrected chi connectivity index (χ0v) is 9.28. The second-order valence-electron chi connectivity index (χ2n) is 2.54. The molecule has 6 nitrogen and oxygen atoms in total. The van der Waals surface area contributed by atoms with Crippen molar-refractivity contribution >= 4 is 33.4 Å². The van der Waals surface area contributed by atoms with Gasteiger partial charge in [-0.05, 0) is 12.1 Å². The van der Waals surface area contributed by atoms with Crippen LogP contribution in [-0.4, -0.2) is 18.1 Å². The highest BCUT2D eigenvalue weighted by molar-refractivity contribution is 9.10. The first-order valence-electron chi connectivity index (χ1n) is 3.83. The van der Waals surface area contributed by atoms with Crippen LogP contribution in [0.3, 0.4) is 0 Å². The van der Waals surface area contributed by atoms with E-state index in [-0.39, 0.29) is 11.4 Å². The van der Waals surface area contributed by atoms with Crippen molar-refractivity contribution in [2.75, 3.05) is 12.4 Å². The van der Waals surface area contributed by atoms with Crippen molar-refractivity contribution in [3.8, 4) is 0 Å². The molecule has 1 amide bonds. The summed E-state index contributed by atoms with van der Waals surface area (Å²) in [6.45, 7) is 0. The van der Waals surface area contributed by atoms with Crippen molar-refractivity contribution in [2.24, 2.45) is 0 Å². The van der Waals surface area contributed by atoms with E-state index in [0.29, 0.717) is 4.47 Å². The molecule has 0 aliphatic carbocycles. The summed E-state index contributed by atoms with van der Waals surface area (Å²) in [6, 6.07) is 4.29. The number of anilines is 1. The topological polar surface area (TPSA) is 81.5 Å². The number of hydrogen-bond acceptors (Lipinski definition) is 4. The number of carbonyl (C=O) groups excluding carboxylic acids is 1. The summed E-state index contributed by atoms with van der Waals surface area (Å²) < 4.78 is 4.89. The molecule has 1 aromatic rings. The van der Waals surface area contributed by atoms with Crippen molar-refractivity contribution in [3.05, 3.63) is 32.8 Å². The van der Waals surface area contributed by atoms with Crippen LogP contribution in [0.1, 0.15) is 0 Å². The summed E-state index contributed by atoms with van der Waals surface area (Å²) >= 11 is 3.10. The summed E-state index contributed by atoms with van der Waals surface area (Å²) in [5.74, 6) is 0. The van der Waals surface area contributed by atoms with E-state index >= 15 is 0 Å². The summed E-state index contributed by atoms with van der Waals surface area (Å²) in [6.07, 6.45) is -0.750. The molecule has 0 radical (unpaired) electrons. The molecule has 0 saturated carbocycles. The van der Waals surface area contributed by atoms with Crippen LogP contribution in [0.25, 0.3) is 0 Å². The first-order valence-corrected chi connectivity index (χ1v) is 4.63. The number of benzene rings is 1. The molecule has 0 aromatic heterocycles. The van der Waals surface area contributed by atoms with Crippen LogP contribution in [-0.2, 0) is 4.74 Å². The Bertz CT molecular complexity index is 408. The fraction of sp³-hybridized carbons (Fsp3) is 0.125. The molecule has 0 fully saturated rings. The van der Waals surface area contributed by atoms with Crippen LogP contribution >= 0.6 is 15.9 Å². The number of nitro groups is 1. The molecular weight excluding hydrogens is 268 g/mol. The normalized spacial score (nSPS) is 9.47. The number of nitrogens with zero attached hydrogens (tertiary/aromatic N) is 1. The quantitative estimate of drug-likeness (QED) is 0.664. The molecule has 0 aliphatic rings. The van der Waals surface area contributed by atoms with Gasteiger partial charge in [0.2, 0.25) is 0 Å². The Morgan fingerprint density at radius 1 is 1.60 bits per heavy atom. The lowest BCUT2D eigenvalue weighted by Gasteiger charge is -2.04. The van der Waals surface area contributed by atoms with Crippen molar-refractivity contribution in [3.63, 3.8) is 0 Å². The molecule has 0 heterocycles. The van der Waals surface area contributed by atoms with E-state index in [9.17, 15) is 14.9 Å². The molecule has 0 atom stereocenters. The van der Waals surface area contributed by atoms with E-state index in [1.54, 1.807) is 6.07 Å². The minimum atomic E-state index is -0.750. The smallest absolute Gasteiger partial charge is 0.411 e. The van der Waals surface area contributed by atoms with Crippen LogP contribution < -0.4 is 5.32 Å². The predicted molar refractivity (Wildman–Crippen MR) is 56.8 cm³/mol. The molecule has 1 rings (SSSR count). The standard InChI is InChI=1S/C8H7BrN2O4/c1-15-8(12)10-6-3-2-5(9)4-7(6)11(13)14/h2-4H,1H3,(H,10,12). The Morgan fingerprint density at radius 3 is 2.80 bits per heavy atom. The monoisotopic (exact) mass is 274 g/mol. The van der Waals surface area contributed by atoms with E-state index in [0.717, 1.165) is 0 Å². The number of ether oxygens (including phenoxy) is 1. The molecule has 0 saturated heterocycles. The molecule has 7 heteroatoms. The third kappa shape index (κ3) is 2.91. The number of halogens is 1. The van der Waals surface area contributed by atoms with E-state index in [1.165, 1.54) is 19.2 Å². The fourth-order valence-electron chi connectivity index (χ4n) is 0.923. The maximum Gasteiger partial charge on any atom is 0.411 e. The van der Waals surface area contributed by atoms with Gasteiger partial charge in [0.05, 0.1) is 12.0 Å². The summed E-state index contributed by atoms with van der Waals surface area (Å²) in [4.78, 5) is 20.9. The molecule has 0 aliphatic heterocycles. The Hall–Kier alpha value is -1.63. The number of nitro benzene ring substituents is 1. The average Bonchev–Trinajstić information content (AvgIpc) is 2.20. The predicted octanol–water partition coefficient (Wildman–Crippen LogP) is 2.54. The van der Waals surface area contributed by atoms with Gasteiger partial charge >= 0.3 is 6.09 Å². The largest absolute Gasteiger partial charge is 0.453 e. The van der Waals surface area contributed by atoms with Gasteiger partial charge in [-0.2, -0.15) is 0 Å². The minimum Gasteiger partial charge on any atom is -0.453 e. The van der Waals surface area contributed by atoms with E-state index in [2.05, 4.69) is 26.0 Å². The number of amides is 1. The zero-order valence-electron chi connectivity index (χ0n) is 7.69. The third-order valence-electron chi connectivity index (χ3n) is 1.58. The summed E-state index contributed by atoms with van der Waals surface area (Å²) in [5.41, 5.74) is -0.107. The minimum absolute atomic E-state index is 0.0926. The number of rotatable bonds is 2. The number of carbonyl (C=O) groups is 1. The Kier molecular flexibility index (Phi) is 3.62. The van der Waals surface area contributed by atoms with Gasteiger partial charge in [-0.25, -0.2) is 4.79 Å². The van der Waals surface area contributed by atoms with E-state index in [4.69, 9.17) is 0 Å². The van der Waals surface area contributed by atoms with Gasteiger partial charge in [-0.3, -0.25) is 15.4 Å². The van der Waals surface area contributed by atoms with Gasteiger partial charge in [-0.1, -0.05) is 15.9 Å². The van der Waals surface area contributed by atoms with E-state index < -0.39 is 11.0 Å². The zero-order chi connectivity index (χ0) is 11.4. The molecule has 0 unspecified atom stereocenters. The second-order valence-corrected chi connectivity index (χ2v) is 3.45. The van der Waals surface area contributed by atoms with Crippen LogP contribution in [0, 0.1) is 10.1 Å². The lowest BCUT2D eigenvalue weighted by molar-refractivity contribution is -0.384. The average molecular weight is 275 g/mol. The SMILES string of the molecule is COC(=O)Nc1ccc(Br)cc1[N+](=O)[O-]. The maximum atomic E-state index is 10.9. The highest BCUT2D eigenvalue weighted by Gasteiger charge is 2.16. The number of methoxy groups -OCH3 is 1. The van der Waals surface area contributed by atoms with Gasteiger partial charge in [0, 0.05) is 10.5 Å². The Labute approximate surface area is 93.5 Å². The van der Waals surface area contributed by atoms with Crippen LogP contribution in [0.5, 0.6) is 0 Å². The first kappa shape index (κ1) is 11.4. The molecule has 80 valence electrons. The number of nitrogens with one attached hydrogen (secondary N) is 1. The van der Waals surface area contributed by atoms with Crippen LogP contribution in [0.15, 0.2) is 22.7 Å². The molecular formula is C8H7BrN2O4. The maximum absolute atomic E-state index is 10.9. The molecule has 1 N–H and O–H groups in total. The Balaban J connectivity index is 3.06. The van der Waals surface area contributed by atoms with E-state index in [1.807, 2.05) is 0 Å². The number of hydrogen-bond donors (Lipinski definition) is 1. The first-order chi connectivity index (χ1) is 7.04. The summed E-state index contributed by atoms with van der Waals surface area (Å²) in [7, 11) is 1.18. The van der Waals surface area contributed by atoms with Crippen molar-refractivity contribution in [2.45, 2.75) is 0 Å². The lowest BCUT2D eigenvalue weighted by atomic mass is 10.3. The van der Waals surface area contributed by atoms with Gasteiger partial charge in [0.1, 0.15) is 5.69 Å². The lowest BCUT2D eigenvalue weighted by Crippen LogP contribution is -2.12. The van der Waals surface area contributed by atoms with Crippen molar-refractivity contribution in [1.29, 1.82) is 0 Å². The molecule has 0 bridgehead atoms. The summed E-state index contributed by atoms with van der Waals surface area (Å²) in [5, 5.41) is 12.9. The third-order valence-corrected chi connectivity index (χ3v) is 2.07. The van der Waals surface area contributed by atoms with Crippen molar-refractivity contribution < 1.29 is 14.5 Å². The highest BCUT2D eigenvalue weighted by atomic mass is 79.9. The van der Waals surface area contributed by atoms with Gasteiger partial charge in [0.25, 0.3) is 5.69 Å².